The van der Waals surface area contributed by atoms with E-state index in [0.29, 0.717) is 0 Å². The van der Waals surface area contributed by atoms with E-state index in [0.717, 1.165) is 0 Å². The van der Waals surface area contributed by atoms with Gasteiger partial charge in [-0.3, -0.25) is 4.79 Å². The van der Waals surface area contributed by atoms with Crippen LogP contribution in [0.5, 0.6) is 0 Å². The van der Waals surface area contributed by atoms with Gasteiger partial charge in [0.25, 0.3) is 0 Å². The normalized spacial score (nSPS) is 14.9. The van der Waals surface area contributed by atoms with E-state index < -0.39 is 52.4 Å². The highest BCUT2D eigenvalue weighted by Crippen LogP contribution is 2.21. The molecule has 5 nitrogen and oxygen atoms in total. The predicted octanol–water partition coefficient (Wildman–Crippen LogP) is 1.98. The van der Waals surface area contributed by atoms with Crippen LogP contribution in [0.3, 0.4) is 0 Å². The fraction of sp³-hybridized carbons (Fsp3) is 0.909. The van der Waals surface area contributed by atoms with Crippen molar-refractivity contribution in [3.05, 3.63) is 0 Å². The van der Waals surface area contributed by atoms with Crippen LogP contribution >= 0.6 is 0 Å². The number of esters is 1. The predicted molar refractivity (Wildman–Crippen MR) is 67.5 cm³/mol. The first kappa shape index (κ1) is 19.2. The third kappa shape index (κ3) is 10.0. The van der Waals surface area contributed by atoms with Crippen LogP contribution in [0.15, 0.2) is 0 Å². The van der Waals surface area contributed by atoms with Crippen molar-refractivity contribution in [3.63, 3.8) is 0 Å². The highest BCUT2D eigenvalue weighted by molar-refractivity contribution is 7.89. The molecule has 0 heterocycles. The number of hydrogen-bond donors (Lipinski definition) is 1. The largest absolute Gasteiger partial charge is 0.459 e. The zero-order valence-electron chi connectivity index (χ0n) is 11.9. The van der Waals surface area contributed by atoms with Crippen LogP contribution in [-0.4, -0.2) is 38.0 Å². The molecule has 0 fully saturated rings. The number of rotatable bonds is 6. The Bertz CT molecular complexity index is 426. The Hall–Kier alpha value is -0.830. The minimum Gasteiger partial charge on any atom is -0.459 e. The summed E-state index contributed by atoms with van der Waals surface area (Å²) in [5, 5.41) is 0. The molecular formula is C11H20F3NO4S. The fourth-order valence-corrected chi connectivity index (χ4v) is 2.51. The SMILES string of the molecule is C[C@@H](NS(=O)(=O)CCCC(F)(F)F)C(=O)OC(C)(C)C. The first-order valence-electron chi connectivity index (χ1n) is 6.01. The van der Waals surface area contributed by atoms with Crippen LogP contribution in [-0.2, 0) is 19.6 Å². The van der Waals surface area contributed by atoms with Crippen molar-refractivity contribution in [2.45, 2.75) is 58.4 Å². The van der Waals surface area contributed by atoms with Crippen molar-refractivity contribution in [2.24, 2.45) is 0 Å². The topological polar surface area (TPSA) is 72.5 Å². The number of sulfonamides is 1. The van der Waals surface area contributed by atoms with Gasteiger partial charge in [0.05, 0.1) is 5.75 Å². The summed E-state index contributed by atoms with van der Waals surface area (Å²) in [6.45, 7) is 6.13. The van der Waals surface area contributed by atoms with Crippen molar-refractivity contribution >= 4 is 16.0 Å². The van der Waals surface area contributed by atoms with Crippen molar-refractivity contribution < 1.29 is 31.1 Å². The van der Waals surface area contributed by atoms with Crippen LogP contribution in [0.25, 0.3) is 0 Å². The molecule has 0 aromatic carbocycles. The average Bonchev–Trinajstić information content (AvgIpc) is 2.10. The molecule has 20 heavy (non-hydrogen) atoms. The van der Waals surface area contributed by atoms with E-state index in [1.165, 1.54) is 6.92 Å². The Morgan fingerprint density at radius 2 is 1.75 bits per heavy atom. The molecule has 0 aliphatic heterocycles. The highest BCUT2D eigenvalue weighted by Gasteiger charge is 2.29. The van der Waals surface area contributed by atoms with Gasteiger partial charge in [-0.1, -0.05) is 0 Å². The molecule has 1 N–H and O–H groups in total. The summed E-state index contributed by atoms with van der Waals surface area (Å²) in [4.78, 5) is 11.5. The van der Waals surface area contributed by atoms with Crippen molar-refractivity contribution in [1.82, 2.24) is 4.72 Å². The monoisotopic (exact) mass is 319 g/mol. The summed E-state index contributed by atoms with van der Waals surface area (Å²) in [6, 6.07) is -1.15. The maximum atomic E-state index is 11.9. The highest BCUT2D eigenvalue weighted by atomic mass is 32.2. The lowest BCUT2D eigenvalue weighted by molar-refractivity contribution is -0.156. The lowest BCUT2D eigenvalue weighted by Crippen LogP contribution is -2.43. The third-order valence-electron chi connectivity index (χ3n) is 1.99. The molecule has 0 aliphatic carbocycles. The molecule has 0 saturated heterocycles. The summed E-state index contributed by atoms with van der Waals surface area (Å²) in [5.74, 6) is -1.48. The summed E-state index contributed by atoms with van der Waals surface area (Å²) >= 11 is 0. The van der Waals surface area contributed by atoms with Gasteiger partial charge in [-0.25, -0.2) is 13.1 Å². The fourth-order valence-electron chi connectivity index (χ4n) is 1.23. The summed E-state index contributed by atoms with van der Waals surface area (Å²) in [7, 11) is -3.95. The van der Waals surface area contributed by atoms with Crippen LogP contribution in [0.4, 0.5) is 13.2 Å². The Kier molecular flexibility index (Phi) is 6.47. The van der Waals surface area contributed by atoms with Crippen molar-refractivity contribution in [1.29, 1.82) is 0 Å². The van der Waals surface area contributed by atoms with Crippen LogP contribution in [0, 0.1) is 0 Å². The number of hydrogen-bond acceptors (Lipinski definition) is 4. The quantitative estimate of drug-likeness (QED) is 0.760. The van der Waals surface area contributed by atoms with E-state index in [1.807, 2.05) is 4.72 Å². The van der Waals surface area contributed by atoms with Gasteiger partial charge in [0.15, 0.2) is 0 Å². The molecule has 0 saturated carbocycles. The Balaban J connectivity index is 4.36. The third-order valence-corrected chi connectivity index (χ3v) is 3.53. The van der Waals surface area contributed by atoms with Gasteiger partial charge >= 0.3 is 12.1 Å². The number of carbonyl (C=O) groups is 1. The van der Waals surface area contributed by atoms with Gasteiger partial charge in [0, 0.05) is 6.42 Å². The second kappa shape index (κ2) is 6.75. The second-order valence-corrected chi connectivity index (χ2v) is 7.28. The zero-order valence-corrected chi connectivity index (χ0v) is 12.7. The first-order valence-corrected chi connectivity index (χ1v) is 7.67. The summed E-state index contributed by atoms with van der Waals surface area (Å²) in [6.07, 6.45) is -6.14. The van der Waals surface area contributed by atoms with E-state index in [2.05, 4.69) is 0 Å². The minimum atomic E-state index is -4.40. The van der Waals surface area contributed by atoms with Gasteiger partial charge < -0.3 is 4.74 Å². The van der Waals surface area contributed by atoms with E-state index in [-0.39, 0.29) is 0 Å². The summed E-state index contributed by atoms with van der Waals surface area (Å²) < 4.78 is 65.7. The Morgan fingerprint density at radius 3 is 2.15 bits per heavy atom. The minimum absolute atomic E-state index is 0.556. The number of nitrogens with one attached hydrogen (secondary N) is 1. The summed E-state index contributed by atoms with van der Waals surface area (Å²) in [5.41, 5.74) is -0.771. The molecule has 0 bridgehead atoms. The van der Waals surface area contributed by atoms with Crippen LogP contribution in [0.2, 0.25) is 0 Å². The number of halogens is 3. The van der Waals surface area contributed by atoms with E-state index in [9.17, 15) is 26.4 Å². The van der Waals surface area contributed by atoms with Crippen molar-refractivity contribution in [2.75, 3.05) is 5.75 Å². The maximum Gasteiger partial charge on any atom is 0.389 e. The van der Waals surface area contributed by atoms with Crippen LogP contribution in [0.1, 0.15) is 40.5 Å². The van der Waals surface area contributed by atoms with E-state index in [1.54, 1.807) is 20.8 Å². The molecule has 1 atom stereocenters. The Labute approximate surface area is 116 Å². The lowest BCUT2D eigenvalue weighted by atomic mass is 10.2. The Morgan fingerprint density at radius 1 is 1.25 bits per heavy atom. The van der Waals surface area contributed by atoms with Gasteiger partial charge in [-0.15, -0.1) is 0 Å². The molecule has 0 rings (SSSR count). The number of ether oxygens (including phenoxy) is 1. The first-order chi connectivity index (χ1) is 8.72. The standard InChI is InChI=1S/C11H20F3NO4S/c1-8(9(16)19-10(2,3)4)15-20(17,18)7-5-6-11(12,13)14/h8,15H,5-7H2,1-4H3/t8-/m1/s1. The van der Waals surface area contributed by atoms with Crippen LogP contribution < -0.4 is 4.72 Å². The molecule has 0 amide bonds. The van der Waals surface area contributed by atoms with Gasteiger partial charge in [-0.2, -0.15) is 13.2 Å². The van der Waals surface area contributed by atoms with Crippen molar-refractivity contribution in [3.8, 4) is 0 Å². The molecule has 0 radical (unpaired) electrons. The molecule has 9 heteroatoms. The molecule has 0 aliphatic rings. The molecule has 0 spiro atoms. The zero-order chi connectivity index (χ0) is 16.2. The van der Waals surface area contributed by atoms with E-state index >= 15 is 0 Å². The molecule has 120 valence electrons. The molecular weight excluding hydrogens is 299 g/mol. The lowest BCUT2D eigenvalue weighted by Gasteiger charge is -2.22. The molecule has 0 aromatic rings. The van der Waals surface area contributed by atoms with Gasteiger partial charge in [0.1, 0.15) is 11.6 Å². The molecule has 0 aromatic heterocycles. The average molecular weight is 319 g/mol. The molecule has 0 unspecified atom stereocenters. The maximum absolute atomic E-state index is 11.9. The van der Waals surface area contributed by atoms with Gasteiger partial charge in [0.2, 0.25) is 10.0 Å². The van der Waals surface area contributed by atoms with E-state index in [4.69, 9.17) is 4.74 Å². The smallest absolute Gasteiger partial charge is 0.389 e. The van der Waals surface area contributed by atoms with Gasteiger partial charge in [-0.05, 0) is 34.1 Å². The number of carbonyl (C=O) groups excluding carboxylic acids is 1. The second-order valence-electron chi connectivity index (χ2n) is 5.41. The number of alkyl halides is 3.